The number of hydrogen-bond acceptors (Lipinski definition) is 2. The van der Waals surface area contributed by atoms with Crippen LogP contribution in [0.5, 0.6) is 0 Å². The van der Waals surface area contributed by atoms with Gasteiger partial charge in [-0.1, -0.05) is 56.1 Å². The minimum Gasteiger partial charge on any atom is -0.352 e. The topological polar surface area (TPSA) is 58.2 Å². The summed E-state index contributed by atoms with van der Waals surface area (Å²) in [6.07, 6.45) is 7.19. The van der Waals surface area contributed by atoms with E-state index >= 15 is 0 Å². The Labute approximate surface area is 176 Å². The van der Waals surface area contributed by atoms with Crippen LogP contribution in [0.3, 0.4) is 0 Å². The predicted molar refractivity (Wildman–Crippen MR) is 117 cm³/mol. The van der Waals surface area contributed by atoms with Crippen LogP contribution < -0.4 is 10.6 Å². The molecule has 0 saturated carbocycles. The van der Waals surface area contributed by atoms with Gasteiger partial charge in [-0.2, -0.15) is 0 Å². The fourth-order valence-corrected chi connectivity index (χ4v) is 2.65. The lowest BCUT2D eigenvalue weighted by Crippen LogP contribution is -2.28. The molecule has 27 heavy (non-hydrogen) atoms. The Hall–Kier alpha value is -2.18. The fraction of sp³-hybridized carbons (Fsp3) is 0.143. The van der Waals surface area contributed by atoms with Crippen molar-refractivity contribution in [3.8, 4) is 0 Å². The molecule has 140 valence electrons. The van der Waals surface area contributed by atoms with E-state index in [2.05, 4.69) is 42.5 Å². The van der Waals surface area contributed by atoms with E-state index in [0.29, 0.717) is 19.5 Å². The molecule has 2 N–H and O–H groups in total. The van der Waals surface area contributed by atoms with Gasteiger partial charge in [-0.05, 0) is 54.0 Å². The first-order chi connectivity index (χ1) is 13.0. The van der Waals surface area contributed by atoms with Crippen LogP contribution in [0, 0.1) is 0 Å². The SMILES string of the molecule is O=C(/C=C/c1ccc(Br)cc1)NCCCNC(=O)/C=C/c1ccc(Br)cc1. The lowest BCUT2D eigenvalue weighted by atomic mass is 10.2. The van der Waals surface area contributed by atoms with Gasteiger partial charge < -0.3 is 10.6 Å². The Morgan fingerprint density at radius 2 is 1.07 bits per heavy atom. The van der Waals surface area contributed by atoms with Crippen molar-refractivity contribution in [1.82, 2.24) is 10.6 Å². The van der Waals surface area contributed by atoms with Crippen molar-refractivity contribution < 1.29 is 9.59 Å². The van der Waals surface area contributed by atoms with Crippen molar-refractivity contribution in [1.29, 1.82) is 0 Å². The third-order valence-electron chi connectivity index (χ3n) is 3.55. The fourth-order valence-electron chi connectivity index (χ4n) is 2.12. The van der Waals surface area contributed by atoms with Crippen LogP contribution in [0.2, 0.25) is 0 Å². The van der Waals surface area contributed by atoms with Crippen molar-refractivity contribution in [2.75, 3.05) is 13.1 Å². The number of halogens is 2. The molecule has 0 bridgehead atoms. The van der Waals surface area contributed by atoms with E-state index in [1.54, 1.807) is 12.2 Å². The van der Waals surface area contributed by atoms with Crippen molar-refractivity contribution in [3.05, 3.63) is 80.8 Å². The molecule has 0 saturated heterocycles. The van der Waals surface area contributed by atoms with Crippen LogP contribution in [-0.4, -0.2) is 24.9 Å². The lowest BCUT2D eigenvalue weighted by molar-refractivity contribution is -0.116. The van der Waals surface area contributed by atoms with Gasteiger partial charge in [0.1, 0.15) is 0 Å². The summed E-state index contributed by atoms with van der Waals surface area (Å²) in [6.45, 7) is 1.00. The summed E-state index contributed by atoms with van der Waals surface area (Å²) in [5.74, 6) is -0.307. The molecule has 6 heteroatoms. The summed E-state index contributed by atoms with van der Waals surface area (Å²) in [7, 11) is 0. The minimum atomic E-state index is -0.153. The summed E-state index contributed by atoms with van der Waals surface area (Å²) < 4.78 is 2.00. The molecule has 0 aromatic heterocycles. The molecule has 0 radical (unpaired) electrons. The monoisotopic (exact) mass is 490 g/mol. The first kappa shape index (κ1) is 21.1. The molecule has 0 heterocycles. The number of carbonyl (C=O) groups is 2. The minimum absolute atomic E-state index is 0.153. The van der Waals surface area contributed by atoms with Crippen molar-refractivity contribution in [3.63, 3.8) is 0 Å². The summed E-state index contributed by atoms with van der Waals surface area (Å²) in [5, 5.41) is 5.58. The van der Waals surface area contributed by atoms with Crippen LogP contribution in [-0.2, 0) is 9.59 Å². The highest BCUT2D eigenvalue weighted by molar-refractivity contribution is 9.10. The molecule has 4 nitrogen and oxygen atoms in total. The summed E-state index contributed by atoms with van der Waals surface area (Å²) in [4.78, 5) is 23.5. The highest BCUT2D eigenvalue weighted by Gasteiger charge is 1.98. The second kappa shape index (κ2) is 11.5. The van der Waals surface area contributed by atoms with Crippen LogP contribution in [0.15, 0.2) is 69.6 Å². The zero-order valence-corrected chi connectivity index (χ0v) is 17.8. The standard InChI is InChI=1S/C21H20Br2N2O2/c22-18-8-2-16(3-9-18)6-12-20(26)24-14-1-15-25-21(27)13-7-17-4-10-19(23)11-5-17/h2-13H,1,14-15H2,(H,24,26)(H,25,27)/b12-6+,13-7+. The number of amides is 2. The quantitative estimate of drug-likeness (QED) is 0.420. The van der Waals surface area contributed by atoms with Gasteiger partial charge >= 0.3 is 0 Å². The molecule has 2 aromatic rings. The first-order valence-corrected chi connectivity index (χ1v) is 10.0. The molecule has 0 unspecified atom stereocenters. The van der Waals surface area contributed by atoms with Gasteiger partial charge in [-0.3, -0.25) is 9.59 Å². The van der Waals surface area contributed by atoms with E-state index < -0.39 is 0 Å². The molecule has 0 aliphatic rings. The van der Waals surface area contributed by atoms with Crippen LogP contribution in [0.1, 0.15) is 17.5 Å². The largest absolute Gasteiger partial charge is 0.352 e. The van der Waals surface area contributed by atoms with Crippen LogP contribution >= 0.6 is 31.9 Å². The van der Waals surface area contributed by atoms with Gasteiger partial charge in [-0.15, -0.1) is 0 Å². The number of carbonyl (C=O) groups excluding carboxylic acids is 2. The Balaban J connectivity index is 1.60. The Bertz CT molecular complexity index is 744. The zero-order chi connectivity index (χ0) is 19.5. The van der Waals surface area contributed by atoms with E-state index in [1.165, 1.54) is 12.2 Å². The molecule has 0 fully saturated rings. The van der Waals surface area contributed by atoms with Gasteiger partial charge in [0.15, 0.2) is 0 Å². The average Bonchev–Trinajstić information content (AvgIpc) is 2.67. The van der Waals surface area contributed by atoms with E-state index in [1.807, 2.05) is 48.5 Å². The maximum atomic E-state index is 11.8. The van der Waals surface area contributed by atoms with Crippen molar-refractivity contribution in [2.45, 2.75) is 6.42 Å². The summed E-state index contributed by atoms with van der Waals surface area (Å²) >= 11 is 6.74. The van der Waals surface area contributed by atoms with Crippen LogP contribution in [0.25, 0.3) is 12.2 Å². The molecule has 0 atom stereocenters. The normalized spacial score (nSPS) is 11.0. The molecular formula is C21H20Br2N2O2. The third-order valence-corrected chi connectivity index (χ3v) is 4.60. The van der Waals surface area contributed by atoms with Crippen molar-refractivity contribution >= 4 is 55.8 Å². The maximum Gasteiger partial charge on any atom is 0.244 e. The van der Waals surface area contributed by atoms with E-state index in [-0.39, 0.29) is 11.8 Å². The smallest absolute Gasteiger partial charge is 0.244 e. The van der Waals surface area contributed by atoms with E-state index in [0.717, 1.165) is 20.1 Å². The molecule has 0 aliphatic carbocycles. The van der Waals surface area contributed by atoms with Gasteiger partial charge in [0.25, 0.3) is 0 Å². The summed E-state index contributed by atoms with van der Waals surface area (Å²) in [5.41, 5.74) is 1.91. The Morgan fingerprint density at radius 1 is 0.704 bits per heavy atom. The highest BCUT2D eigenvalue weighted by Crippen LogP contribution is 2.12. The number of hydrogen-bond donors (Lipinski definition) is 2. The second-order valence-corrected chi connectivity index (χ2v) is 7.54. The number of benzene rings is 2. The molecule has 0 spiro atoms. The third kappa shape index (κ3) is 8.84. The maximum absolute atomic E-state index is 11.8. The summed E-state index contributed by atoms with van der Waals surface area (Å²) in [6, 6.07) is 15.4. The second-order valence-electron chi connectivity index (χ2n) is 5.71. The molecule has 2 aromatic carbocycles. The number of rotatable bonds is 8. The molecular weight excluding hydrogens is 472 g/mol. The first-order valence-electron chi connectivity index (χ1n) is 8.46. The van der Waals surface area contributed by atoms with Gasteiger partial charge in [0.05, 0.1) is 0 Å². The lowest BCUT2D eigenvalue weighted by Gasteiger charge is -2.03. The van der Waals surface area contributed by atoms with Crippen molar-refractivity contribution in [2.24, 2.45) is 0 Å². The predicted octanol–water partition coefficient (Wildman–Crippen LogP) is 4.56. The van der Waals surface area contributed by atoms with Crippen LogP contribution in [0.4, 0.5) is 0 Å². The van der Waals surface area contributed by atoms with E-state index in [9.17, 15) is 9.59 Å². The van der Waals surface area contributed by atoms with E-state index in [4.69, 9.17) is 0 Å². The number of nitrogens with one attached hydrogen (secondary N) is 2. The Morgan fingerprint density at radius 3 is 1.44 bits per heavy atom. The highest BCUT2D eigenvalue weighted by atomic mass is 79.9. The molecule has 2 rings (SSSR count). The molecule has 0 aliphatic heterocycles. The average molecular weight is 492 g/mol. The Kier molecular flexibility index (Phi) is 9.01. The van der Waals surface area contributed by atoms with Gasteiger partial charge in [0.2, 0.25) is 11.8 Å². The zero-order valence-electron chi connectivity index (χ0n) is 14.6. The van der Waals surface area contributed by atoms with Gasteiger partial charge in [-0.25, -0.2) is 0 Å². The van der Waals surface area contributed by atoms with Gasteiger partial charge in [0, 0.05) is 34.2 Å². The molecule has 2 amide bonds.